The molecule has 3 aromatic rings. The number of alkyl halides is 3. The molecular weight excluding hydrogens is 518 g/mol. The first-order valence-corrected chi connectivity index (χ1v) is 12.2. The summed E-state index contributed by atoms with van der Waals surface area (Å²) in [6.07, 6.45) is -3.99. The third-order valence-electron chi connectivity index (χ3n) is 5.98. The minimum atomic E-state index is -4.70. The lowest BCUT2D eigenvalue weighted by atomic mass is 9.91. The van der Waals surface area contributed by atoms with E-state index in [1.54, 1.807) is 24.3 Å². The molecule has 1 aliphatic rings. The third-order valence-corrected chi connectivity index (χ3v) is 5.98. The zero-order valence-electron chi connectivity index (χ0n) is 20.8. The highest BCUT2D eigenvalue weighted by atomic mass is 19.4. The van der Waals surface area contributed by atoms with Crippen molar-refractivity contribution in [3.8, 4) is 5.75 Å². The molecule has 4 rings (SSSR count). The Morgan fingerprint density at radius 1 is 1.05 bits per heavy atom. The molecule has 0 bridgehead atoms. The first kappa shape index (κ1) is 28.1. The van der Waals surface area contributed by atoms with Gasteiger partial charge in [-0.2, -0.15) is 13.2 Å². The fourth-order valence-corrected chi connectivity index (χ4v) is 4.02. The number of aliphatic hydroxyl groups is 1. The number of amides is 1. The molecule has 0 fully saturated rings. The number of aliphatic imine (C=N–C) groups is 1. The van der Waals surface area contributed by atoms with Crippen LogP contribution in [0.4, 0.5) is 17.6 Å². The maximum Gasteiger partial charge on any atom is 0.416 e. The number of hydrogen-bond donors (Lipinski definition) is 3. The molecule has 39 heavy (non-hydrogen) atoms. The van der Waals surface area contributed by atoms with Gasteiger partial charge in [-0.05, 0) is 53.6 Å². The number of nitrogens with zero attached hydrogens (tertiary/aromatic N) is 1. The van der Waals surface area contributed by atoms with Gasteiger partial charge in [-0.1, -0.05) is 30.3 Å². The van der Waals surface area contributed by atoms with Crippen LogP contribution in [0.5, 0.6) is 5.75 Å². The summed E-state index contributed by atoms with van der Waals surface area (Å²) >= 11 is 0. The number of rotatable bonds is 11. The fraction of sp³-hybridized carbons (Fsp3) is 0.286. The predicted octanol–water partition coefficient (Wildman–Crippen LogP) is 4.19. The van der Waals surface area contributed by atoms with E-state index in [-0.39, 0.29) is 37.6 Å². The molecule has 1 heterocycles. The van der Waals surface area contributed by atoms with E-state index in [0.29, 0.717) is 30.4 Å². The topological polar surface area (TPSA) is 92.2 Å². The summed E-state index contributed by atoms with van der Waals surface area (Å²) in [6.45, 7) is 0.0780. The summed E-state index contributed by atoms with van der Waals surface area (Å²) in [4.78, 5) is 18.0. The van der Waals surface area contributed by atoms with E-state index in [1.807, 2.05) is 30.3 Å². The van der Waals surface area contributed by atoms with Crippen LogP contribution in [0.15, 0.2) is 77.8 Å². The molecule has 1 amide bonds. The molecule has 3 N–H and O–H groups in total. The monoisotopic (exact) mass is 545 g/mol. The highest BCUT2D eigenvalue weighted by Crippen LogP contribution is 2.31. The van der Waals surface area contributed by atoms with E-state index in [1.165, 1.54) is 0 Å². The Labute approximate surface area is 222 Å². The Balaban J connectivity index is 1.50. The molecule has 206 valence electrons. The molecule has 1 atom stereocenters. The summed E-state index contributed by atoms with van der Waals surface area (Å²) in [6, 6.07) is 18.3. The second-order valence-corrected chi connectivity index (χ2v) is 9.00. The van der Waals surface area contributed by atoms with Crippen LogP contribution >= 0.6 is 0 Å². The van der Waals surface area contributed by atoms with Crippen LogP contribution in [0.1, 0.15) is 28.7 Å². The van der Waals surface area contributed by atoms with E-state index in [2.05, 4.69) is 15.8 Å². The lowest BCUT2D eigenvalue weighted by molar-refractivity contribution is -0.137. The van der Waals surface area contributed by atoms with E-state index in [0.717, 1.165) is 17.7 Å². The summed E-state index contributed by atoms with van der Waals surface area (Å²) in [5.41, 5.74) is 4.07. The maximum atomic E-state index is 13.7. The van der Waals surface area contributed by atoms with Gasteiger partial charge in [0.1, 0.15) is 18.2 Å². The van der Waals surface area contributed by atoms with Crippen molar-refractivity contribution in [2.24, 2.45) is 4.99 Å². The average Bonchev–Trinajstić information content (AvgIpc) is 3.34. The van der Waals surface area contributed by atoms with Crippen molar-refractivity contribution in [3.05, 3.63) is 101 Å². The minimum absolute atomic E-state index is 0.00731. The molecule has 0 saturated carbocycles. The number of benzene rings is 3. The molecule has 3 aromatic carbocycles. The van der Waals surface area contributed by atoms with Crippen LogP contribution in [0.3, 0.4) is 0 Å². The van der Waals surface area contributed by atoms with Crippen LogP contribution in [0.2, 0.25) is 0 Å². The number of carbonyl (C=O) groups excluding carboxylic acids is 1. The first-order valence-electron chi connectivity index (χ1n) is 12.2. The minimum Gasteiger partial charge on any atom is -0.494 e. The zero-order chi connectivity index (χ0) is 27.9. The lowest BCUT2D eigenvalue weighted by Crippen LogP contribution is -2.52. The smallest absolute Gasteiger partial charge is 0.416 e. The highest BCUT2D eigenvalue weighted by molar-refractivity contribution is 6.00. The number of ether oxygens (including phenoxy) is 2. The van der Waals surface area contributed by atoms with Crippen molar-refractivity contribution in [2.75, 3.05) is 19.8 Å². The summed E-state index contributed by atoms with van der Waals surface area (Å²) in [5, 5.41) is 8.89. The maximum absolute atomic E-state index is 13.7. The molecule has 0 radical (unpaired) electrons. The van der Waals surface area contributed by atoms with Gasteiger partial charge in [0.25, 0.3) is 5.91 Å². The van der Waals surface area contributed by atoms with Crippen molar-refractivity contribution in [1.29, 1.82) is 0 Å². The third kappa shape index (κ3) is 7.33. The Kier molecular flexibility index (Phi) is 8.82. The van der Waals surface area contributed by atoms with Crippen molar-refractivity contribution in [2.45, 2.75) is 31.1 Å². The lowest BCUT2D eigenvalue weighted by Gasteiger charge is -2.23. The largest absolute Gasteiger partial charge is 0.494 e. The molecule has 0 spiro atoms. The normalized spacial score (nSPS) is 16.9. The van der Waals surface area contributed by atoms with Gasteiger partial charge in [0, 0.05) is 31.6 Å². The van der Waals surface area contributed by atoms with Gasteiger partial charge in [-0.15, -0.1) is 0 Å². The number of hydrazine groups is 1. The number of nitrogens with one attached hydrogen (secondary N) is 2. The van der Waals surface area contributed by atoms with Crippen molar-refractivity contribution in [1.82, 2.24) is 10.9 Å². The predicted molar refractivity (Wildman–Crippen MR) is 135 cm³/mol. The van der Waals surface area contributed by atoms with Gasteiger partial charge in [-0.25, -0.2) is 14.8 Å². The summed E-state index contributed by atoms with van der Waals surface area (Å²) in [7, 11) is 0. The van der Waals surface area contributed by atoms with Gasteiger partial charge in [-0.3, -0.25) is 10.2 Å². The quantitative estimate of drug-likeness (QED) is 0.191. The number of halogens is 4. The van der Waals surface area contributed by atoms with Crippen molar-refractivity contribution in [3.63, 3.8) is 0 Å². The van der Waals surface area contributed by atoms with Crippen LogP contribution < -0.4 is 15.6 Å². The molecule has 0 aliphatic carbocycles. The SMILES string of the molecule is O=C(NNCc1cc(F)cc(C(F)(F)F)c1)[C@]1(Cc2ccccc2)COC(c2ccc(OCCCO)cc2)=N1. The van der Waals surface area contributed by atoms with Crippen LogP contribution in [0, 0.1) is 5.82 Å². The van der Waals surface area contributed by atoms with Crippen LogP contribution in [0.25, 0.3) is 0 Å². The summed E-state index contributed by atoms with van der Waals surface area (Å²) in [5.74, 6) is -0.730. The highest BCUT2D eigenvalue weighted by Gasteiger charge is 2.44. The standard InChI is InChI=1S/C28H27F4N3O4/c29-23-14-20(13-22(15-23)28(30,31)32)17-33-35-26(37)27(16-19-5-2-1-3-6-19)18-39-25(34-27)21-7-9-24(10-8-21)38-12-4-11-36/h1-3,5-10,13-15,33,36H,4,11-12,16-18H2,(H,35,37)/t27-/m0/s1. The molecule has 0 unspecified atom stereocenters. The van der Waals surface area contributed by atoms with E-state index in [4.69, 9.17) is 14.6 Å². The zero-order valence-corrected chi connectivity index (χ0v) is 20.8. The van der Waals surface area contributed by atoms with Gasteiger partial charge < -0.3 is 14.6 Å². The number of aliphatic hydroxyl groups excluding tert-OH is 1. The Morgan fingerprint density at radius 2 is 1.79 bits per heavy atom. The Bertz CT molecular complexity index is 1300. The Hall–Kier alpha value is -3.96. The fourth-order valence-electron chi connectivity index (χ4n) is 4.02. The Morgan fingerprint density at radius 3 is 2.49 bits per heavy atom. The molecule has 0 aromatic heterocycles. The average molecular weight is 546 g/mol. The molecule has 1 aliphatic heterocycles. The van der Waals surface area contributed by atoms with Crippen LogP contribution in [-0.2, 0) is 28.7 Å². The molecule has 11 heteroatoms. The molecular formula is C28H27F4N3O4. The molecule has 7 nitrogen and oxygen atoms in total. The van der Waals surface area contributed by atoms with Gasteiger partial charge in [0.2, 0.25) is 5.90 Å². The van der Waals surface area contributed by atoms with Crippen molar-refractivity contribution >= 4 is 11.8 Å². The first-order chi connectivity index (χ1) is 18.7. The van der Waals surface area contributed by atoms with Crippen molar-refractivity contribution < 1.29 is 36.9 Å². The number of carbonyl (C=O) groups is 1. The molecule has 0 saturated heterocycles. The second-order valence-electron chi connectivity index (χ2n) is 9.00. The number of hydrogen-bond acceptors (Lipinski definition) is 6. The van der Waals surface area contributed by atoms with E-state index < -0.39 is 29.0 Å². The van der Waals surface area contributed by atoms with E-state index in [9.17, 15) is 22.4 Å². The van der Waals surface area contributed by atoms with Gasteiger partial charge >= 0.3 is 6.18 Å². The summed E-state index contributed by atoms with van der Waals surface area (Å²) < 4.78 is 64.2. The van der Waals surface area contributed by atoms with Gasteiger partial charge in [0.05, 0.1) is 12.2 Å². The second kappa shape index (κ2) is 12.3. The van der Waals surface area contributed by atoms with Crippen LogP contribution in [-0.4, -0.2) is 42.3 Å². The van der Waals surface area contributed by atoms with E-state index >= 15 is 0 Å². The van der Waals surface area contributed by atoms with Gasteiger partial charge in [0.15, 0.2) is 5.54 Å².